The van der Waals surface area contributed by atoms with Crippen LogP contribution in [-0.4, -0.2) is 53.3 Å². The number of nitrogens with two attached hydrogens (primary N) is 1. The van der Waals surface area contributed by atoms with Crippen LogP contribution >= 0.6 is 0 Å². The molecule has 13 heteroatoms. The lowest BCUT2D eigenvalue weighted by molar-refractivity contribution is -0.117. The molecule has 41 heavy (non-hydrogen) atoms. The third-order valence-electron chi connectivity index (χ3n) is 6.19. The van der Waals surface area contributed by atoms with Gasteiger partial charge in [-0.3, -0.25) is 9.59 Å². The van der Waals surface area contributed by atoms with Crippen LogP contribution in [0.2, 0.25) is 0 Å². The number of nitrogens with zero attached hydrogens (tertiary/aromatic N) is 3. The number of nitrogens with one attached hydrogen (secondary N) is 2. The summed E-state index contributed by atoms with van der Waals surface area (Å²) in [5.41, 5.74) is 7.63. The molecule has 0 aliphatic carbocycles. The van der Waals surface area contributed by atoms with Gasteiger partial charge in [0, 0.05) is 24.7 Å². The highest BCUT2D eigenvalue weighted by molar-refractivity contribution is 7.90. The highest BCUT2D eigenvalue weighted by atomic mass is 32.2. The summed E-state index contributed by atoms with van der Waals surface area (Å²) in [6, 6.07) is 12.7. The third kappa shape index (κ3) is 7.17. The Bertz CT molecular complexity index is 1570. The fourth-order valence-corrected chi connectivity index (χ4v) is 5.38. The van der Waals surface area contributed by atoms with Crippen LogP contribution in [0.15, 0.2) is 59.6 Å². The van der Waals surface area contributed by atoms with Gasteiger partial charge in [-0.05, 0) is 63.4 Å². The van der Waals surface area contributed by atoms with Crippen molar-refractivity contribution in [2.24, 2.45) is 0 Å². The molecule has 1 atom stereocenters. The van der Waals surface area contributed by atoms with Gasteiger partial charge >= 0.3 is 6.09 Å². The number of hydrogen-bond donors (Lipinski definition) is 3. The van der Waals surface area contributed by atoms with E-state index in [2.05, 4.69) is 15.3 Å². The number of anilines is 2. The quantitative estimate of drug-likeness (QED) is 0.391. The van der Waals surface area contributed by atoms with Crippen molar-refractivity contribution in [3.63, 3.8) is 0 Å². The first-order valence-corrected chi connectivity index (χ1v) is 14.4. The van der Waals surface area contributed by atoms with Gasteiger partial charge in [0.15, 0.2) is 11.5 Å². The van der Waals surface area contributed by atoms with Crippen molar-refractivity contribution in [3.8, 4) is 11.3 Å². The number of carbonyl (C=O) groups excluding carboxylic acids is 3. The summed E-state index contributed by atoms with van der Waals surface area (Å²) >= 11 is 0. The summed E-state index contributed by atoms with van der Waals surface area (Å²) in [5.74, 6) is -1.43. The highest BCUT2D eigenvalue weighted by Gasteiger charge is 2.33. The molecule has 4 rings (SSSR count). The number of benzene rings is 2. The van der Waals surface area contributed by atoms with Gasteiger partial charge in [-0.15, -0.1) is 0 Å². The molecular weight excluding hydrogens is 548 g/mol. The summed E-state index contributed by atoms with van der Waals surface area (Å²) in [4.78, 5) is 46.9. The highest BCUT2D eigenvalue weighted by Crippen LogP contribution is 2.34. The van der Waals surface area contributed by atoms with E-state index >= 15 is 0 Å². The number of sulfonamides is 1. The lowest BCUT2D eigenvalue weighted by atomic mass is 10.0. The first-order valence-electron chi connectivity index (χ1n) is 12.9. The predicted molar refractivity (Wildman–Crippen MR) is 152 cm³/mol. The lowest BCUT2D eigenvalue weighted by Crippen LogP contribution is -2.36. The molecule has 216 valence electrons. The van der Waals surface area contributed by atoms with Crippen molar-refractivity contribution in [1.82, 2.24) is 19.6 Å². The van der Waals surface area contributed by atoms with Gasteiger partial charge in [0.25, 0.3) is 15.9 Å². The maximum absolute atomic E-state index is 13.0. The van der Waals surface area contributed by atoms with Crippen LogP contribution in [0.4, 0.5) is 16.3 Å². The summed E-state index contributed by atoms with van der Waals surface area (Å²) in [7, 11) is -4.00. The number of amides is 3. The summed E-state index contributed by atoms with van der Waals surface area (Å²) in [5, 5.41) is 2.62. The molecule has 1 fully saturated rings. The van der Waals surface area contributed by atoms with E-state index in [1.807, 2.05) is 49.8 Å². The molecule has 0 bridgehead atoms. The second-order valence-corrected chi connectivity index (χ2v) is 12.3. The number of hydrogen-bond acceptors (Lipinski definition) is 9. The van der Waals surface area contributed by atoms with E-state index < -0.39 is 27.4 Å². The Morgan fingerprint density at radius 2 is 1.71 bits per heavy atom. The van der Waals surface area contributed by atoms with E-state index in [0.29, 0.717) is 23.5 Å². The molecule has 4 N–H and O–H groups in total. The van der Waals surface area contributed by atoms with Crippen LogP contribution in [0.25, 0.3) is 11.3 Å². The van der Waals surface area contributed by atoms with Gasteiger partial charge in [-0.2, -0.15) is 0 Å². The van der Waals surface area contributed by atoms with Crippen LogP contribution in [0.5, 0.6) is 0 Å². The Hall–Kier alpha value is -4.52. The van der Waals surface area contributed by atoms with Crippen molar-refractivity contribution in [1.29, 1.82) is 0 Å². The van der Waals surface area contributed by atoms with E-state index in [4.69, 9.17) is 10.5 Å². The Morgan fingerprint density at radius 1 is 1.05 bits per heavy atom. The minimum Gasteiger partial charge on any atom is -0.444 e. The summed E-state index contributed by atoms with van der Waals surface area (Å²) in [6.45, 7) is 7.23. The molecule has 1 unspecified atom stereocenters. The largest absolute Gasteiger partial charge is 0.444 e. The molecule has 0 saturated carbocycles. The summed E-state index contributed by atoms with van der Waals surface area (Å²) < 4.78 is 31.7. The molecule has 1 saturated heterocycles. The molecule has 3 aromatic rings. The van der Waals surface area contributed by atoms with Gasteiger partial charge in [-0.1, -0.05) is 24.3 Å². The third-order valence-corrected chi connectivity index (χ3v) is 7.64. The molecular formula is C28H32N6O6S. The number of carbonyl (C=O) groups is 3. The van der Waals surface area contributed by atoms with Crippen molar-refractivity contribution in [2.75, 3.05) is 17.6 Å². The second-order valence-electron chi connectivity index (χ2n) is 10.6. The minimum atomic E-state index is -4.00. The van der Waals surface area contributed by atoms with Gasteiger partial charge in [-0.25, -0.2) is 27.9 Å². The van der Waals surface area contributed by atoms with E-state index in [9.17, 15) is 22.8 Å². The summed E-state index contributed by atoms with van der Waals surface area (Å²) in [6.07, 6.45) is 2.82. The molecule has 2 heterocycles. The van der Waals surface area contributed by atoms with Crippen molar-refractivity contribution in [2.45, 2.75) is 57.1 Å². The van der Waals surface area contributed by atoms with Crippen molar-refractivity contribution < 1.29 is 27.5 Å². The Kier molecular flexibility index (Phi) is 8.29. The van der Waals surface area contributed by atoms with Gasteiger partial charge in [0.05, 0.1) is 22.8 Å². The first-order chi connectivity index (χ1) is 19.2. The molecule has 0 spiro atoms. The smallest absolute Gasteiger partial charge is 0.410 e. The number of ether oxygens (including phenoxy) is 1. The standard InChI is InChI=1S/C28H32N6O6S/c1-17(35)33-41(38,39)21-13-11-20(12-14-21)31-26(36)24-25(29)30-16-22(32-24)18-7-9-19(10-8-18)23-6-5-15-34(23)27(37)40-28(2,3)4/h7-14,16,23H,5-6,15H2,1-4H3,(H2,29,30)(H,31,36)(H,33,35). The van der Waals surface area contributed by atoms with Crippen molar-refractivity contribution >= 4 is 39.4 Å². The van der Waals surface area contributed by atoms with E-state index in [1.165, 1.54) is 30.5 Å². The number of nitrogen functional groups attached to an aromatic ring is 1. The first kappa shape index (κ1) is 29.5. The van der Waals surface area contributed by atoms with Crippen LogP contribution in [-0.2, 0) is 19.6 Å². The molecule has 1 aliphatic rings. The SMILES string of the molecule is CC(=O)NS(=O)(=O)c1ccc(NC(=O)c2nc(-c3ccc(C4CCCN4C(=O)OC(C)(C)C)cc3)cnc2N)cc1. The normalized spacial score (nSPS) is 15.3. The van der Waals surface area contributed by atoms with E-state index in [1.54, 1.807) is 4.90 Å². The van der Waals surface area contributed by atoms with Crippen LogP contribution in [0.1, 0.15) is 62.6 Å². The molecule has 2 aromatic carbocycles. The fourth-order valence-electron chi connectivity index (χ4n) is 4.39. The van der Waals surface area contributed by atoms with Crippen molar-refractivity contribution in [3.05, 3.63) is 66.0 Å². The van der Waals surface area contributed by atoms with Gasteiger partial charge < -0.3 is 20.7 Å². The Morgan fingerprint density at radius 3 is 2.32 bits per heavy atom. The lowest BCUT2D eigenvalue weighted by Gasteiger charge is -2.29. The zero-order chi connectivity index (χ0) is 29.9. The minimum absolute atomic E-state index is 0.0771. The topological polar surface area (TPSA) is 174 Å². The molecule has 1 aromatic heterocycles. The number of rotatable bonds is 6. The number of aromatic nitrogens is 2. The zero-order valence-electron chi connectivity index (χ0n) is 23.2. The van der Waals surface area contributed by atoms with E-state index in [0.717, 1.165) is 25.3 Å². The average molecular weight is 581 g/mol. The van der Waals surface area contributed by atoms with Gasteiger partial charge in [0.1, 0.15) is 5.60 Å². The zero-order valence-corrected chi connectivity index (χ0v) is 24.0. The number of likely N-dealkylation sites (tertiary alicyclic amines) is 1. The predicted octanol–water partition coefficient (Wildman–Crippen LogP) is 3.87. The Balaban J connectivity index is 1.49. The Labute approximate surface area is 238 Å². The molecule has 1 aliphatic heterocycles. The van der Waals surface area contributed by atoms with Crippen LogP contribution < -0.4 is 15.8 Å². The molecule has 3 amide bonds. The van der Waals surface area contributed by atoms with Crippen LogP contribution in [0, 0.1) is 0 Å². The maximum atomic E-state index is 13.0. The fraction of sp³-hybridized carbons (Fsp3) is 0.321. The maximum Gasteiger partial charge on any atom is 0.410 e. The second kappa shape index (κ2) is 11.5. The van der Waals surface area contributed by atoms with Crippen LogP contribution in [0.3, 0.4) is 0 Å². The van der Waals surface area contributed by atoms with E-state index in [-0.39, 0.29) is 28.5 Å². The van der Waals surface area contributed by atoms with Gasteiger partial charge in [0.2, 0.25) is 5.91 Å². The molecule has 0 radical (unpaired) electrons. The monoisotopic (exact) mass is 580 g/mol. The molecule has 12 nitrogen and oxygen atoms in total. The average Bonchev–Trinajstić information content (AvgIpc) is 3.38.